The van der Waals surface area contributed by atoms with Crippen molar-refractivity contribution in [3.63, 3.8) is 0 Å². The molecule has 1 fully saturated rings. The van der Waals surface area contributed by atoms with Crippen LogP contribution in [-0.2, 0) is 9.47 Å². The van der Waals surface area contributed by atoms with Crippen molar-refractivity contribution in [2.45, 2.75) is 6.42 Å². The van der Waals surface area contributed by atoms with E-state index in [9.17, 15) is 9.59 Å². The number of carbonyl (C=O) groups is 2. The second-order valence-electron chi connectivity index (χ2n) is 7.68. The van der Waals surface area contributed by atoms with E-state index in [2.05, 4.69) is 10.6 Å². The van der Waals surface area contributed by atoms with E-state index in [1.807, 2.05) is 11.8 Å². The number of carbonyl (C=O) groups excluding carboxylic acids is 2. The maximum absolute atomic E-state index is 12.2. The molecule has 192 valence electrons. The van der Waals surface area contributed by atoms with E-state index >= 15 is 0 Å². The lowest BCUT2D eigenvalue weighted by Gasteiger charge is -2.40. The molecule has 1 aliphatic heterocycles. The van der Waals surface area contributed by atoms with Gasteiger partial charge in [-0.15, -0.1) is 24.2 Å². The summed E-state index contributed by atoms with van der Waals surface area (Å²) in [6, 6.07) is 9.60. The van der Waals surface area contributed by atoms with Crippen molar-refractivity contribution in [1.29, 1.82) is 0 Å². The molecule has 2 amide bonds. The normalized spacial score (nSPS) is 14.4. The molecule has 0 atom stereocenters. The molecule has 3 rings (SSSR count). The highest BCUT2D eigenvalue weighted by molar-refractivity contribution is 7.99. The molecule has 0 spiro atoms. The topological polar surface area (TPSA) is 76.7 Å². The molecule has 1 aliphatic rings. The Morgan fingerprint density at radius 1 is 0.829 bits per heavy atom. The standard InChI is InChI=1S/C22H23Cl4N3O4S.ClH/c23-17-4-2-15(12-19(17)25)27-21(30)32-9-7-29(6-1-11-34-14-29)8-10-33-22(31)28-16-3-5-18(24)20(26)13-16;/h2-5,12-13H,1,6-11,14H2,(H-,27,28,30,31);1H/p+1. The highest BCUT2D eigenvalue weighted by atomic mass is 35.5. The average Bonchev–Trinajstić information content (AvgIpc) is 2.79. The number of nitrogens with one attached hydrogen (secondary N) is 2. The van der Waals surface area contributed by atoms with Crippen molar-refractivity contribution in [2.24, 2.45) is 0 Å². The van der Waals surface area contributed by atoms with Crippen molar-refractivity contribution in [2.75, 3.05) is 55.1 Å². The van der Waals surface area contributed by atoms with Gasteiger partial charge in [0.1, 0.15) is 32.2 Å². The van der Waals surface area contributed by atoms with Crippen LogP contribution < -0.4 is 10.6 Å². The van der Waals surface area contributed by atoms with Gasteiger partial charge >= 0.3 is 12.2 Å². The number of nitrogens with zero attached hydrogens (tertiary/aromatic N) is 1. The minimum absolute atomic E-state index is 0. The van der Waals surface area contributed by atoms with Crippen LogP contribution in [0.2, 0.25) is 20.1 Å². The fourth-order valence-electron chi connectivity index (χ4n) is 3.41. The first-order chi connectivity index (χ1) is 16.3. The van der Waals surface area contributed by atoms with Crippen molar-refractivity contribution < 1.29 is 23.5 Å². The fraction of sp³-hybridized carbons (Fsp3) is 0.364. The number of amides is 2. The van der Waals surface area contributed by atoms with Gasteiger partial charge in [0.05, 0.1) is 26.6 Å². The molecule has 2 N–H and O–H groups in total. The van der Waals surface area contributed by atoms with Crippen LogP contribution in [0.5, 0.6) is 0 Å². The van der Waals surface area contributed by atoms with Crippen LogP contribution in [0.4, 0.5) is 21.0 Å². The van der Waals surface area contributed by atoms with Gasteiger partial charge in [0.15, 0.2) is 0 Å². The number of hydrogen-bond acceptors (Lipinski definition) is 5. The number of hydrogen-bond donors (Lipinski definition) is 2. The van der Waals surface area contributed by atoms with Crippen molar-refractivity contribution >= 4 is 94.1 Å². The smallest absolute Gasteiger partial charge is 0.411 e. The van der Waals surface area contributed by atoms with Gasteiger partial charge in [-0.1, -0.05) is 46.4 Å². The third-order valence-corrected chi connectivity index (χ3v) is 8.00. The molecule has 0 aliphatic carbocycles. The second-order valence-corrected chi connectivity index (χ2v) is 10.4. The molecule has 1 heterocycles. The highest BCUT2D eigenvalue weighted by Gasteiger charge is 2.31. The number of halogens is 5. The first kappa shape index (κ1) is 30.0. The fourth-order valence-corrected chi connectivity index (χ4v) is 5.24. The molecule has 0 radical (unpaired) electrons. The van der Waals surface area contributed by atoms with Crippen LogP contribution in [0, 0.1) is 0 Å². The summed E-state index contributed by atoms with van der Waals surface area (Å²) < 4.78 is 11.4. The number of thioether (sulfide) groups is 1. The molecule has 0 aromatic heterocycles. The molecule has 35 heavy (non-hydrogen) atoms. The minimum Gasteiger partial charge on any atom is -0.443 e. The molecule has 0 saturated carbocycles. The van der Waals surface area contributed by atoms with Gasteiger partial charge < -0.3 is 14.0 Å². The Labute approximate surface area is 234 Å². The van der Waals surface area contributed by atoms with E-state index < -0.39 is 12.2 Å². The highest BCUT2D eigenvalue weighted by Crippen LogP contribution is 2.26. The zero-order valence-electron chi connectivity index (χ0n) is 18.5. The van der Waals surface area contributed by atoms with Gasteiger partial charge in [-0.05, 0) is 36.4 Å². The molecule has 0 bridgehead atoms. The summed E-state index contributed by atoms with van der Waals surface area (Å²) in [5.41, 5.74) is 0.997. The maximum atomic E-state index is 12.2. The number of ether oxygens (including phenoxy) is 2. The Balaban J connectivity index is 0.00000432. The van der Waals surface area contributed by atoms with Crippen LogP contribution in [0.1, 0.15) is 6.42 Å². The maximum Gasteiger partial charge on any atom is 0.411 e. The lowest BCUT2D eigenvalue weighted by atomic mass is 10.3. The predicted molar refractivity (Wildman–Crippen MR) is 147 cm³/mol. The molecule has 7 nitrogen and oxygen atoms in total. The molecule has 2 aromatic rings. The zero-order chi connectivity index (χ0) is 24.6. The van der Waals surface area contributed by atoms with Gasteiger partial charge in [0, 0.05) is 23.5 Å². The molecular formula is C22H25Cl5N3O4S+. The van der Waals surface area contributed by atoms with Crippen molar-refractivity contribution in [3.8, 4) is 0 Å². The second kappa shape index (κ2) is 14.5. The minimum atomic E-state index is -0.571. The summed E-state index contributed by atoms with van der Waals surface area (Å²) in [7, 11) is 0. The summed E-state index contributed by atoms with van der Waals surface area (Å²) in [6.07, 6.45) is -0.104. The van der Waals surface area contributed by atoms with E-state index in [-0.39, 0.29) is 25.6 Å². The van der Waals surface area contributed by atoms with E-state index in [0.29, 0.717) is 49.0 Å². The average molecular weight is 605 g/mol. The van der Waals surface area contributed by atoms with Crippen LogP contribution in [-0.4, -0.2) is 61.1 Å². The van der Waals surface area contributed by atoms with Crippen molar-refractivity contribution in [1.82, 2.24) is 0 Å². The molecule has 1 saturated heterocycles. The van der Waals surface area contributed by atoms with Crippen LogP contribution >= 0.6 is 70.6 Å². The summed E-state index contributed by atoms with van der Waals surface area (Å²) in [5.74, 6) is 1.94. The van der Waals surface area contributed by atoms with Gasteiger partial charge in [-0.25, -0.2) is 9.59 Å². The predicted octanol–water partition coefficient (Wildman–Crippen LogP) is 7.43. The Hall–Kier alpha value is -1.26. The summed E-state index contributed by atoms with van der Waals surface area (Å²) in [4.78, 5) is 24.3. The monoisotopic (exact) mass is 602 g/mol. The van der Waals surface area contributed by atoms with Crippen LogP contribution in [0.25, 0.3) is 0 Å². The van der Waals surface area contributed by atoms with E-state index in [1.54, 1.807) is 36.4 Å². The summed E-state index contributed by atoms with van der Waals surface area (Å²) in [5, 5.41) is 6.77. The first-order valence-corrected chi connectivity index (χ1v) is 13.1. The van der Waals surface area contributed by atoms with E-state index in [0.717, 1.165) is 24.6 Å². The molecule has 2 aromatic carbocycles. The molecular weight excluding hydrogens is 580 g/mol. The summed E-state index contributed by atoms with van der Waals surface area (Å²) in [6.45, 7) is 2.59. The van der Waals surface area contributed by atoms with Gasteiger partial charge in [0.2, 0.25) is 0 Å². The Morgan fingerprint density at radius 2 is 1.31 bits per heavy atom. The Bertz CT molecular complexity index is 951. The quantitative estimate of drug-likeness (QED) is 0.307. The molecule has 13 heteroatoms. The molecule has 0 unspecified atom stereocenters. The first-order valence-electron chi connectivity index (χ1n) is 10.5. The Kier molecular flexibility index (Phi) is 12.4. The Morgan fingerprint density at radius 3 is 1.71 bits per heavy atom. The number of benzene rings is 2. The number of anilines is 2. The zero-order valence-corrected chi connectivity index (χ0v) is 23.2. The SMILES string of the molecule is Cl.O=C(Nc1ccc(Cl)c(Cl)c1)OCC[N+]1(CCOC(=O)Nc2ccc(Cl)c(Cl)c2)CCCSC1. The van der Waals surface area contributed by atoms with Crippen molar-refractivity contribution in [3.05, 3.63) is 56.5 Å². The van der Waals surface area contributed by atoms with E-state index in [1.165, 1.54) is 0 Å². The summed E-state index contributed by atoms with van der Waals surface area (Å²) >= 11 is 25.6. The number of rotatable bonds is 8. The number of quaternary nitrogens is 1. The van der Waals surface area contributed by atoms with Gasteiger partial charge in [0.25, 0.3) is 0 Å². The van der Waals surface area contributed by atoms with Gasteiger partial charge in [-0.3, -0.25) is 10.6 Å². The lowest BCUT2D eigenvalue weighted by Crippen LogP contribution is -2.54. The van der Waals surface area contributed by atoms with E-state index in [4.69, 9.17) is 55.9 Å². The lowest BCUT2D eigenvalue weighted by molar-refractivity contribution is -0.917. The largest absolute Gasteiger partial charge is 0.443 e. The third kappa shape index (κ3) is 9.61. The van der Waals surface area contributed by atoms with Gasteiger partial charge in [-0.2, -0.15) is 0 Å². The van der Waals surface area contributed by atoms with Crippen LogP contribution in [0.15, 0.2) is 36.4 Å². The van der Waals surface area contributed by atoms with Crippen LogP contribution in [0.3, 0.4) is 0 Å². The third-order valence-electron chi connectivity index (χ3n) is 5.22.